The molecule has 2 bridgehead atoms. The van der Waals surface area contributed by atoms with E-state index in [0.29, 0.717) is 5.56 Å². The van der Waals surface area contributed by atoms with Gasteiger partial charge in [-0.3, -0.25) is 4.79 Å². The first-order valence-corrected chi connectivity index (χ1v) is 16.2. The third-order valence-electron chi connectivity index (χ3n) is 10.3. The molecule has 3 aliphatic rings. The number of rotatable bonds is 8. The minimum Gasteiger partial charge on any atom is -0.461 e. The zero-order valence-electron chi connectivity index (χ0n) is 27.4. The van der Waals surface area contributed by atoms with E-state index in [-0.39, 0.29) is 24.0 Å². The van der Waals surface area contributed by atoms with Gasteiger partial charge in [0, 0.05) is 12.8 Å². The fraction of sp³-hybridized carbons (Fsp3) is 0.421. The standard InChI is InChI=1S/C38H40O10/c1-23-20-29(40)32(45-24(2)39)37(22-44-33(41)25-14-8-5-9-15-25)30(46-34(42)26-16-10-6-11-17-26)21-28-31(38(23,37)48-36(28,3)4)47-35(43)27-18-12-7-13-19-27/h5-19,23,28-32,40H,20-22H2,1-4H3/t23-,28+,29-,30+,31-,32-,37+,38+/m0/s1. The fourth-order valence-corrected chi connectivity index (χ4v) is 8.29. The third kappa shape index (κ3) is 5.56. The summed E-state index contributed by atoms with van der Waals surface area (Å²) in [7, 11) is 0. The van der Waals surface area contributed by atoms with E-state index in [1.54, 1.807) is 91.0 Å². The Balaban J connectivity index is 1.54. The lowest BCUT2D eigenvalue weighted by molar-refractivity contribution is -0.315. The van der Waals surface area contributed by atoms with E-state index in [4.69, 9.17) is 23.7 Å². The molecular weight excluding hydrogens is 616 g/mol. The Morgan fingerprint density at radius 1 is 0.729 bits per heavy atom. The molecule has 1 saturated heterocycles. The molecule has 2 aliphatic carbocycles. The van der Waals surface area contributed by atoms with Crippen LogP contribution < -0.4 is 0 Å². The van der Waals surface area contributed by atoms with E-state index in [9.17, 15) is 24.3 Å². The van der Waals surface area contributed by atoms with Crippen LogP contribution in [0.3, 0.4) is 0 Å². The number of benzene rings is 3. The van der Waals surface area contributed by atoms with E-state index in [0.717, 1.165) is 0 Å². The highest BCUT2D eigenvalue weighted by Gasteiger charge is 2.82. The Morgan fingerprint density at radius 2 is 1.23 bits per heavy atom. The van der Waals surface area contributed by atoms with Crippen molar-refractivity contribution in [1.82, 2.24) is 0 Å². The van der Waals surface area contributed by atoms with Gasteiger partial charge in [-0.15, -0.1) is 0 Å². The van der Waals surface area contributed by atoms with E-state index in [1.807, 2.05) is 20.8 Å². The lowest BCUT2D eigenvalue weighted by Crippen LogP contribution is -2.78. The smallest absolute Gasteiger partial charge is 0.338 e. The van der Waals surface area contributed by atoms with Crippen molar-refractivity contribution in [1.29, 1.82) is 0 Å². The fourth-order valence-electron chi connectivity index (χ4n) is 8.29. The van der Waals surface area contributed by atoms with E-state index in [2.05, 4.69) is 0 Å². The zero-order chi connectivity index (χ0) is 34.3. The van der Waals surface area contributed by atoms with Gasteiger partial charge in [-0.05, 0) is 69.0 Å². The maximum absolute atomic E-state index is 13.8. The summed E-state index contributed by atoms with van der Waals surface area (Å²) < 4.78 is 31.8. The van der Waals surface area contributed by atoms with Gasteiger partial charge in [-0.25, -0.2) is 14.4 Å². The average Bonchev–Trinajstić information content (AvgIpc) is 3.25. The molecule has 2 saturated carbocycles. The van der Waals surface area contributed by atoms with Gasteiger partial charge in [-0.2, -0.15) is 0 Å². The van der Waals surface area contributed by atoms with Gasteiger partial charge in [0.05, 0.1) is 28.4 Å². The molecule has 0 unspecified atom stereocenters. The number of ether oxygens (including phenoxy) is 5. The predicted octanol–water partition coefficient (Wildman–Crippen LogP) is 5.18. The topological polar surface area (TPSA) is 135 Å². The number of aliphatic hydroxyl groups excluding tert-OH is 1. The molecule has 8 atom stereocenters. The summed E-state index contributed by atoms with van der Waals surface area (Å²) in [5.41, 5.74) is -3.37. The second kappa shape index (κ2) is 12.8. The van der Waals surface area contributed by atoms with Crippen LogP contribution >= 0.6 is 0 Å². The van der Waals surface area contributed by atoms with Gasteiger partial charge < -0.3 is 28.8 Å². The van der Waals surface area contributed by atoms with E-state index >= 15 is 0 Å². The Kier molecular flexibility index (Phi) is 8.91. The second-order valence-electron chi connectivity index (χ2n) is 13.5. The van der Waals surface area contributed by atoms with Crippen molar-refractivity contribution in [3.8, 4) is 0 Å². The summed E-state index contributed by atoms with van der Waals surface area (Å²) in [5.74, 6) is -3.71. The molecule has 0 aromatic heterocycles. The SMILES string of the molecule is CC(=O)O[C@H]1[C@@H](O)C[C@H](C)[C@]23OC(C)(C)[C@H](C[C@@H](OC(=O)c4ccccc4)[C@]12COC(=O)c1ccccc1)[C@@H]3OC(=O)c1ccccc1. The molecule has 252 valence electrons. The van der Waals surface area contributed by atoms with Crippen molar-refractivity contribution >= 4 is 23.9 Å². The molecule has 0 radical (unpaired) electrons. The molecule has 10 nitrogen and oxygen atoms in total. The van der Waals surface area contributed by atoms with Gasteiger partial charge in [0.15, 0.2) is 0 Å². The molecule has 1 heterocycles. The van der Waals surface area contributed by atoms with Crippen LogP contribution in [0.15, 0.2) is 91.0 Å². The summed E-state index contributed by atoms with van der Waals surface area (Å²) in [6, 6.07) is 25.3. The summed E-state index contributed by atoms with van der Waals surface area (Å²) in [6.07, 6.45) is -4.56. The van der Waals surface area contributed by atoms with Crippen molar-refractivity contribution in [2.75, 3.05) is 6.61 Å². The number of carbonyl (C=O) groups excluding carboxylic acids is 4. The summed E-state index contributed by atoms with van der Waals surface area (Å²) in [5, 5.41) is 11.7. The Morgan fingerprint density at radius 3 is 1.75 bits per heavy atom. The number of aliphatic hydroxyl groups is 1. The monoisotopic (exact) mass is 656 g/mol. The second-order valence-corrected chi connectivity index (χ2v) is 13.5. The van der Waals surface area contributed by atoms with Gasteiger partial charge in [0.25, 0.3) is 0 Å². The molecule has 0 amide bonds. The maximum Gasteiger partial charge on any atom is 0.338 e. The van der Waals surface area contributed by atoms with Crippen LogP contribution in [0.1, 0.15) is 71.6 Å². The number of hydrogen-bond acceptors (Lipinski definition) is 10. The molecule has 48 heavy (non-hydrogen) atoms. The Bertz CT molecular complexity index is 1660. The molecule has 3 aromatic carbocycles. The highest BCUT2D eigenvalue weighted by molar-refractivity contribution is 5.90. The van der Waals surface area contributed by atoms with E-state index < -0.39 is 83.4 Å². The van der Waals surface area contributed by atoms with Crippen LogP contribution in [0.2, 0.25) is 0 Å². The molecule has 6 rings (SSSR count). The first-order chi connectivity index (χ1) is 22.9. The van der Waals surface area contributed by atoms with Gasteiger partial charge in [-0.1, -0.05) is 61.5 Å². The highest BCUT2D eigenvalue weighted by Crippen LogP contribution is 2.68. The lowest BCUT2D eigenvalue weighted by Gasteiger charge is -2.63. The maximum atomic E-state index is 13.8. The van der Waals surface area contributed by atoms with Crippen LogP contribution in [0.25, 0.3) is 0 Å². The zero-order valence-corrected chi connectivity index (χ0v) is 27.4. The van der Waals surface area contributed by atoms with E-state index in [1.165, 1.54) is 6.92 Å². The number of fused-ring (bicyclic) bond motifs is 1. The van der Waals surface area contributed by atoms with Crippen molar-refractivity contribution in [3.05, 3.63) is 108 Å². The number of carbonyl (C=O) groups is 4. The van der Waals surface area contributed by atoms with Crippen LogP contribution in [0.4, 0.5) is 0 Å². The molecular formula is C38H40O10. The highest BCUT2D eigenvalue weighted by atomic mass is 16.6. The molecule has 1 N–H and O–H groups in total. The minimum atomic E-state index is -1.73. The van der Waals surface area contributed by atoms with Gasteiger partial charge in [0.2, 0.25) is 0 Å². The molecule has 3 aromatic rings. The molecule has 1 spiro atoms. The van der Waals surface area contributed by atoms with Crippen molar-refractivity contribution in [2.24, 2.45) is 17.3 Å². The number of esters is 4. The summed E-state index contributed by atoms with van der Waals surface area (Å²) in [6.45, 7) is 6.32. The van der Waals surface area contributed by atoms with Gasteiger partial charge in [0.1, 0.15) is 35.9 Å². The van der Waals surface area contributed by atoms with Crippen molar-refractivity contribution < 1.29 is 48.0 Å². The van der Waals surface area contributed by atoms with Crippen molar-refractivity contribution in [3.63, 3.8) is 0 Å². The third-order valence-corrected chi connectivity index (χ3v) is 10.3. The van der Waals surface area contributed by atoms with Crippen LogP contribution in [-0.2, 0) is 28.5 Å². The Labute approximate surface area is 279 Å². The summed E-state index contributed by atoms with van der Waals surface area (Å²) in [4.78, 5) is 53.9. The molecule has 10 heteroatoms. The van der Waals surface area contributed by atoms with Crippen molar-refractivity contribution in [2.45, 2.75) is 76.2 Å². The van der Waals surface area contributed by atoms with Crippen LogP contribution in [0.5, 0.6) is 0 Å². The molecule has 3 fully saturated rings. The molecule has 1 aliphatic heterocycles. The minimum absolute atomic E-state index is 0.0835. The summed E-state index contributed by atoms with van der Waals surface area (Å²) >= 11 is 0. The average molecular weight is 657 g/mol. The number of hydrogen-bond donors (Lipinski definition) is 1. The lowest BCUT2D eigenvalue weighted by atomic mass is 9.48. The van der Waals surface area contributed by atoms with Crippen LogP contribution in [0, 0.1) is 17.3 Å². The Hall–Kier alpha value is -4.54. The van der Waals surface area contributed by atoms with Gasteiger partial charge >= 0.3 is 23.9 Å². The predicted molar refractivity (Wildman–Crippen MR) is 172 cm³/mol. The normalized spacial score (nSPS) is 31.5. The first kappa shape index (κ1) is 33.4. The quantitative estimate of drug-likeness (QED) is 0.255. The largest absolute Gasteiger partial charge is 0.461 e. The van der Waals surface area contributed by atoms with Crippen LogP contribution in [-0.4, -0.2) is 71.2 Å². The first-order valence-electron chi connectivity index (χ1n) is 16.2.